The third kappa shape index (κ3) is 4.35. The van der Waals surface area contributed by atoms with Gasteiger partial charge in [-0.25, -0.2) is 0 Å². The van der Waals surface area contributed by atoms with Crippen LogP contribution in [0.25, 0.3) is 0 Å². The molecule has 0 spiro atoms. The predicted molar refractivity (Wildman–Crippen MR) is 78.3 cm³/mol. The van der Waals surface area contributed by atoms with Crippen LogP contribution in [0.15, 0.2) is 22.8 Å². The number of hydrogen-bond acceptors (Lipinski definition) is 4. The second-order valence-electron chi connectivity index (χ2n) is 5.40. The van der Waals surface area contributed by atoms with Crippen molar-refractivity contribution in [3.8, 4) is 0 Å². The molecular weight excluding hydrogens is 254 g/mol. The number of carbonyl (C=O) groups is 1. The molecule has 0 aromatic carbocycles. The van der Waals surface area contributed by atoms with Crippen LogP contribution in [0.5, 0.6) is 0 Å². The van der Waals surface area contributed by atoms with Crippen LogP contribution < -0.4 is 5.32 Å². The first-order chi connectivity index (χ1) is 9.69. The molecule has 1 N–H and O–H groups in total. The lowest BCUT2D eigenvalue weighted by atomic mass is 10.2. The number of furan rings is 1. The highest BCUT2D eigenvalue weighted by molar-refractivity contribution is 5.76. The molecule has 0 saturated carbocycles. The summed E-state index contributed by atoms with van der Waals surface area (Å²) in [5.74, 6) is 1.25. The van der Waals surface area contributed by atoms with Gasteiger partial charge in [0, 0.05) is 38.6 Å². The molecule has 1 aliphatic heterocycles. The van der Waals surface area contributed by atoms with E-state index in [4.69, 9.17) is 4.42 Å². The summed E-state index contributed by atoms with van der Waals surface area (Å²) in [6.45, 7) is 9.35. The fourth-order valence-corrected chi connectivity index (χ4v) is 2.59. The number of rotatable bonds is 6. The van der Waals surface area contributed by atoms with Crippen molar-refractivity contribution in [2.75, 3.05) is 32.7 Å². The number of nitrogens with one attached hydrogen (secondary N) is 1. The first-order valence-corrected chi connectivity index (χ1v) is 7.45. The van der Waals surface area contributed by atoms with Gasteiger partial charge in [0.05, 0.1) is 12.8 Å². The number of amides is 1. The van der Waals surface area contributed by atoms with E-state index in [2.05, 4.69) is 24.1 Å². The minimum atomic E-state index is 0.258. The molecule has 0 radical (unpaired) electrons. The smallest absolute Gasteiger partial charge is 0.224 e. The highest BCUT2D eigenvalue weighted by Crippen LogP contribution is 2.10. The summed E-state index contributed by atoms with van der Waals surface area (Å²) < 4.78 is 5.36. The molecule has 1 saturated heterocycles. The molecule has 2 heterocycles. The number of hydrogen-bond donors (Lipinski definition) is 1. The molecule has 5 heteroatoms. The van der Waals surface area contributed by atoms with Gasteiger partial charge in [-0.1, -0.05) is 6.92 Å². The predicted octanol–water partition coefficient (Wildman–Crippen LogP) is 1.31. The van der Waals surface area contributed by atoms with Crippen LogP contribution in [0.2, 0.25) is 0 Å². The maximum Gasteiger partial charge on any atom is 0.224 e. The fourth-order valence-electron chi connectivity index (χ4n) is 2.59. The van der Waals surface area contributed by atoms with Crippen molar-refractivity contribution in [2.45, 2.75) is 32.9 Å². The normalized spacial score (nSPS) is 18.2. The minimum Gasteiger partial charge on any atom is -0.468 e. The van der Waals surface area contributed by atoms with Crippen molar-refractivity contribution in [3.05, 3.63) is 24.2 Å². The molecule has 2 rings (SSSR count). The molecule has 112 valence electrons. The molecule has 1 aliphatic rings. The van der Waals surface area contributed by atoms with Crippen molar-refractivity contribution < 1.29 is 9.21 Å². The highest BCUT2D eigenvalue weighted by atomic mass is 16.3. The summed E-state index contributed by atoms with van der Waals surface area (Å²) in [5, 5.41) is 3.28. The first-order valence-electron chi connectivity index (χ1n) is 7.45. The molecule has 0 bridgehead atoms. The van der Waals surface area contributed by atoms with E-state index >= 15 is 0 Å². The number of carbonyl (C=O) groups excluding carboxylic acids is 1. The van der Waals surface area contributed by atoms with Gasteiger partial charge in [-0.15, -0.1) is 0 Å². The van der Waals surface area contributed by atoms with Crippen LogP contribution in [-0.4, -0.2) is 54.5 Å². The lowest BCUT2D eigenvalue weighted by molar-refractivity contribution is -0.133. The van der Waals surface area contributed by atoms with Gasteiger partial charge >= 0.3 is 0 Å². The zero-order valence-electron chi connectivity index (χ0n) is 12.5. The molecule has 1 atom stereocenters. The molecule has 1 amide bonds. The van der Waals surface area contributed by atoms with Crippen LogP contribution in [-0.2, 0) is 11.3 Å². The number of nitrogens with zero attached hydrogens (tertiary/aromatic N) is 2. The second kappa shape index (κ2) is 7.45. The summed E-state index contributed by atoms with van der Waals surface area (Å²) in [4.78, 5) is 16.5. The molecular formula is C15H25N3O2. The van der Waals surface area contributed by atoms with Crippen LogP contribution in [0, 0.1) is 0 Å². The Morgan fingerprint density at radius 3 is 2.75 bits per heavy atom. The lowest BCUT2D eigenvalue weighted by Crippen LogP contribution is -2.49. The largest absolute Gasteiger partial charge is 0.468 e. The quantitative estimate of drug-likeness (QED) is 0.853. The first kappa shape index (κ1) is 15.1. The molecule has 1 aromatic rings. The Labute approximate surface area is 120 Å². The highest BCUT2D eigenvalue weighted by Gasteiger charge is 2.22. The van der Waals surface area contributed by atoms with Gasteiger partial charge in [0.25, 0.3) is 0 Å². The Morgan fingerprint density at radius 1 is 1.40 bits per heavy atom. The molecule has 1 aromatic heterocycles. The van der Waals surface area contributed by atoms with Gasteiger partial charge < -0.3 is 14.6 Å². The van der Waals surface area contributed by atoms with Gasteiger partial charge in [-0.05, 0) is 25.6 Å². The van der Waals surface area contributed by atoms with Crippen LogP contribution in [0.1, 0.15) is 26.0 Å². The molecule has 1 fully saturated rings. The SMILES string of the molecule is CCNC(C)CC(=O)N1CCN(Cc2ccco2)CC1. The summed E-state index contributed by atoms with van der Waals surface area (Å²) >= 11 is 0. The van der Waals surface area contributed by atoms with Crippen LogP contribution in [0.4, 0.5) is 0 Å². The monoisotopic (exact) mass is 279 g/mol. The van der Waals surface area contributed by atoms with E-state index < -0.39 is 0 Å². The average molecular weight is 279 g/mol. The van der Waals surface area contributed by atoms with E-state index in [1.165, 1.54) is 0 Å². The average Bonchev–Trinajstić information content (AvgIpc) is 2.92. The summed E-state index contributed by atoms with van der Waals surface area (Å²) in [7, 11) is 0. The van der Waals surface area contributed by atoms with Gasteiger partial charge in [-0.3, -0.25) is 9.69 Å². The lowest BCUT2D eigenvalue weighted by Gasteiger charge is -2.34. The molecule has 0 aliphatic carbocycles. The van der Waals surface area contributed by atoms with E-state index in [-0.39, 0.29) is 11.9 Å². The molecule has 5 nitrogen and oxygen atoms in total. The van der Waals surface area contributed by atoms with Crippen LogP contribution >= 0.6 is 0 Å². The fraction of sp³-hybridized carbons (Fsp3) is 0.667. The zero-order chi connectivity index (χ0) is 14.4. The van der Waals surface area contributed by atoms with Gasteiger partial charge in [-0.2, -0.15) is 0 Å². The van der Waals surface area contributed by atoms with Gasteiger partial charge in [0.2, 0.25) is 5.91 Å². The van der Waals surface area contributed by atoms with Crippen molar-refractivity contribution >= 4 is 5.91 Å². The van der Waals surface area contributed by atoms with E-state index in [1.54, 1.807) is 6.26 Å². The third-order valence-corrected chi connectivity index (χ3v) is 3.72. The molecule has 20 heavy (non-hydrogen) atoms. The summed E-state index contributed by atoms with van der Waals surface area (Å²) in [6.07, 6.45) is 2.29. The maximum absolute atomic E-state index is 12.2. The Bertz CT molecular complexity index is 397. The number of piperazine rings is 1. The van der Waals surface area contributed by atoms with E-state index in [9.17, 15) is 4.79 Å². The van der Waals surface area contributed by atoms with E-state index in [1.807, 2.05) is 17.0 Å². The second-order valence-corrected chi connectivity index (χ2v) is 5.40. The summed E-state index contributed by atoms with van der Waals surface area (Å²) in [5.41, 5.74) is 0. The maximum atomic E-state index is 12.2. The summed E-state index contributed by atoms with van der Waals surface area (Å²) in [6, 6.07) is 4.17. The Kier molecular flexibility index (Phi) is 5.61. The standard InChI is InChI=1S/C15H25N3O2/c1-3-16-13(2)11-15(19)18-8-6-17(7-9-18)12-14-5-4-10-20-14/h4-5,10,13,16H,3,6-9,11-12H2,1-2H3. The Balaban J connectivity index is 1.72. The zero-order valence-corrected chi connectivity index (χ0v) is 12.5. The van der Waals surface area contributed by atoms with Crippen molar-refractivity contribution in [1.29, 1.82) is 0 Å². The van der Waals surface area contributed by atoms with E-state index in [0.29, 0.717) is 6.42 Å². The van der Waals surface area contributed by atoms with Crippen molar-refractivity contribution in [2.24, 2.45) is 0 Å². The van der Waals surface area contributed by atoms with Gasteiger partial charge in [0.1, 0.15) is 5.76 Å². The Hall–Kier alpha value is -1.33. The van der Waals surface area contributed by atoms with Crippen molar-refractivity contribution in [3.63, 3.8) is 0 Å². The third-order valence-electron chi connectivity index (χ3n) is 3.72. The van der Waals surface area contributed by atoms with E-state index in [0.717, 1.165) is 45.0 Å². The Morgan fingerprint density at radius 2 is 2.15 bits per heavy atom. The van der Waals surface area contributed by atoms with Crippen LogP contribution in [0.3, 0.4) is 0 Å². The molecule has 1 unspecified atom stereocenters. The minimum absolute atomic E-state index is 0.258. The van der Waals surface area contributed by atoms with Crippen molar-refractivity contribution in [1.82, 2.24) is 15.1 Å². The van der Waals surface area contributed by atoms with Gasteiger partial charge in [0.15, 0.2) is 0 Å². The topological polar surface area (TPSA) is 48.7 Å².